The summed E-state index contributed by atoms with van der Waals surface area (Å²) < 4.78 is 0.868. The molecule has 0 amide bonds. The fraction of sp³-hybridized carbons (Fsp3) is 0.462. The van der Waals surface area contributed by atoms with E-state index in [2.05, 4.69) is 15.9 Å². The maximum absolute atomic E-state index is 12.1. The predicted molar refractivity (Wildman–Crippen MR) is 78.1 cm³/mol. The Balaban J connectivity index is 2.03. The highest BCUT2D eigenvalue weighted by molar-refractivity contribution is 9.10. The summed E-state index contributed by atoms with van der Waals surface area (Å²) in [6.45, 7) is 0. The molecule has 0 N–H and O–H groups in total. The van der Waals surface area contributed by atoms with Crippen molar-refractivity contribution >= 4 is 45.1 Å². The predicted octanol–water partition coefficient (Wildman–Crippen LogP) is 4.82. The molecule has 0 unspecified atom stereocenters. The first-order valence-electron chi connectivity index (χ1n) is 5.72. The van der Waals surface area contributed by atoms with Crippen molar-refractivity contribution in [2.75, 3.05) is 11.5 Å². The zero-order valence-corrected chi connectivity index (χ0v) is 12.6. The number of hydrogen-bond acceptors (Lipinski definition) is 2. The minimum Gasteiger partial charge on any atom is -0.294 e. The molecule has 0 saturated carbocycles. The van der Waals surface area contributed by atoms with Crippen LogP contribution in [0.4, 0.5) is 0 Å². The number of thioether (sulfide) groups is 1. The van der Waals surface area contributed by atoms with E-state index in [0.717, 1.165) is 22.9 Å². The lowest BCUT2D eigenvalue weighted by molar-refractivity contribution is 0.0958. The summed E-state index contributed by atoms with van der Waals surface area (Å²) in [4.78, 5) is 12.1. The highest BCUT2D eigenvalue weighted by Gasteiger charge is 2.18. The van der Waals surface area contributed by atoms with Crippen molar-refractivity contribution in [3.05, 3.63) is 33.3 Å². The molecule has 1 heterocycles. The quantitative estimate of drug-likeness (QED) is 0.738. The monoisotopic (exact) mass is 332 g/mol. The van der Waals surface area contributed by atoms with E-state index in [1.54, 1.807) is 12.1 Å². The lowest BCUT2D eigenvalue weighted by atomic mass is 9.93. The molecular formula is C13H14BrClOS. The van der Waals surface area contributed by atoms with Crippen molar-refractivity contribution in [2.45, 2.75) is 19.3 Å². The van der Waals surface area contributed by atoms with E-state index < -0.39 is 0 Å². The zero-order valence-electron chi connectivity index (χ0n) is 9.42. The molecule has 0 radical (unpaired) electrons. The van der Waals surface area contributed by atoms with Gasteiger partial charge in [0.15, 0.2) is 5.78 Å². The average Bonchev–Trinajstić information content (AvgIpc) is 2.29. The summed E-state index contributed by atoms with van der Waals surface area (Å²) >= 11 is 11.3. The molecular weight excluding hydrogens is 320 g/mol. The van der Waals surface area contributed by atoms with Crippen LogP contribution in [0.25, 0.3) is 0 Å². The fourth-order valence-electron chi connectivity index (χ4n) is 2.05. The first-order chi connectivity index (χ1) is 8.15. The molecule has 1 aliphatic rings. The number of rotatable bonds is 3. The fourth-order valence-corrected chi connectivity index (χ4v) is 4.11. The summed E-state index contributed by atoms with van der Waals surface area (Å²) in [7, 11) is 0. The second-order valence-electron chi connectivity index (χ2n) is 4.34. The Hall–Kier alpha value is 0.01000. The van der Waals surface area contributed by atoms with Crippen molar-refractivity contribution in [1.82, 2.24) is 0 Å². The van der Waals surface area contributed by atoms with E-state index in [-0.39, 0.29) is 5.78 Å². The van der Waals surface area contributed by atoms with Gasteiger partial charge in [0.05, 0.1) is 0 Å². The Bertz CT molecular complexity index is 396. The van der Waals surface area contributed by atoms with E-state index in [1.165, 1.54) is 11.5 Å². The van der Waals surface area contributed by atoms with Crippen LogP contribution < -0.4 is 0 Å². The van der Waals surface area contributed by atoms with Crippen LogP contribution in [0.1, 0.15) is 29.6 Å². The molecule has 0 atom stereocenters. The van der Waals surface area contributed by atoms with E-state index >= 15 is 0 Å². The highest BCUT2D eigenvalue weighted by atomic mass is 79.9. The molecule has 0 bridgehead atoms. The van der Waals surface area contributed by atoms with Gasteiger partial charge in [-0.05, 0) is 48.5 Å². The van der Waals surface area contributed by atoms with Gasteiger partial charge in [0, 0.05) is 21.5 Å². The molecule has 1 nitrogen and oxygen atoms in total. The van der Waals surface area contributed by atoms with Crippen LogP contribution in [0.15, 0.2) is 22.7 Å². The summed E-state index contributed by atoms with van der Waals surface area (Å²) in [5, 5.41) is 0.613. The summed E-state index contributed by atoms with van der Waals surface area (Å²) in [6.07, 6.45) is 2.99. The normalized spacial score (nSPS) is 17.1. The van der Waals surface area contributed by atoms with Gasteiger partial charge in [-0.1, -0.05) is 27.5 Å². The third-order valence-corrected chi connectivity index (χ3v) is 4.72. The van der Waals surface area contributed by atoms with Crippen molar-refractivity contribution in [2.24, 2.45) is 5.92 Å². The van der Waals surface area contributed by atoms with Crippen LogP contribution in [-0.2, 0) is 0 Å². The van der Waals surface area contributed by atoms with Crippen LogP contribution in [0.5, 0.6) is 0 Å². The first-order valence-corrected chi connectivity index (χ1v) is 8.05. The lowest BCUT2D eigenvalue weighted by Crippen LogP contribution is -2.14. The van der Waals surface area contributed by atoms with Gasteiger partial charge in [-0.2, -0.15) is 11.8 Å². The number of halogens is 2. The Morgan fingerprint density at radius 1 is 1.35 bits per heavy atom. The molecule has 1 aromatic carbocycles. The van der Waals surface area contributed by atoms with E-state index in [4.69, 9.17) is 11.6 Å². The number of Topliss-reactive ketones (excluding diaryl/α,β-unsaturated/α-hetero) is 1. The van der Waals surface area contributed by atoms with Gasteiger partial charge in [0.2, 0.25) is 0 Å². The lowest BCUT2D eigenvalue weighted by Gasteiger charge is -2.20. The molecule has 92 valence electrons. The van der Waals surface area contributed by atoms with Gasteiger partial charge in [0.1, 0.15) is 0 Å². The van der Waals surface area contributed by atoms with Crippen LogP contribution in [0.3, 0.4) is 0 Å². The van der Waals surface area contributed by atoms with Crippen LogP contribution in [0, 0.1) is 5.92 Å². The molecule has 0 aromatic heterocycles. The topological polar surface area (TPSA) is 17.1 Å². The molecule has 0 aliphatic carbocycles. The molecule has 2 rings (SSSR count). The van der Waals surface area contributed by atoms with Crippen LogP contribution in [0.2, 0.25) is 5.02 Å². The Morgan fingerprint density at radius 2 is 2.06 bits per heavy atom. The number of carbonyl (C=O) groups excluding carboxylic acids is 1. The summed E-state index contributed by atoms with van der Waals surface area (Å²) in [6, 6.07) is 5.41. The Morgan fingerprint density at radius 3 is 2.71 bits per heavy atom. The number of benzene rings is 1. The maximum Gasteiger partial charge on any atom is 0.163 e. The largest absolute Gasteiger partial charge is 0.294 e. The molecule has 17 heavy (non-hydrogen) atoms. The molecule has 1 aliphatic heterocycles. The standard InChI is InChI=1S/C13H14BrClOS/c14-11-6-10(7-12(15)8-11)13(16)5-9-1-3-17-4-2-9/h6-9H,1-5H2. The smallest absolute Gasteiger partial charge is 0.163 e. The van der Waals surface area contributed by atoms with E-state index in [1.807, 2.05) is 17.8 Å². The number of ketones is 1. The van der Waals surface area contributed by atoms with Gasteiger partial charge in [0.25, 0.3) is 0 Å². The number of carbonyl (C=O) groups is 1. The van der Waals surface area contributed by atoms with Crippen molar-refractivity contribution < 1.29 is 4.79 Å². The van der Waals surface area contributed by atoms with Gasteiger partial charge < -0.3 is 0 Å². The Labute approximate surface area is 119 Å². The minimum absolute atomic E-state index is 0.213. The van der Waals surface area contributed by atoms with Crippen molar-refractivity contribution in [3.63, 3.8) is 0 Å². The second kappa shape index (κ2) is 6.26. The number of hydrogen-bond donors (Lipinski definition) is 0. The average molecular weight is 334 g/mol. The van der Waals surface area contributed by atoms with Crippen LogP contribution >= 0.6 is 39.3 Å². The summed E-state index contributed by atoms with van der Waals surface area (Å²) in [5.41, 5.74) is 0.725. The van der Waals surface area contributed by atoms with E-state index in [9.17, 15) is 4.79 Å². The molecule has 1 aromatic rings. The maximum atomic E-state index is 12.1. The van der Waals surface area contributed by atoms with Gasteiger partial charge >= 0.3 is 0 Å². The Kier molecular flexibility index (Phi) is 4.95. The van der Waals surface area contributed by atoms with Gasteiger partial charge in [-0.3, -0.25) is 4.79 Å². The van der Waals surface area contributed by atoms with Crippen molar-refractivity contribution in [3.8, 4) is 0 Å². The third kappa shape index (κ3) is 4.01. The summed E-state index contributed by atoms with van der Waals surface area (Å²) in [5.74, 6) is 3.15. The molecule has 0 spiro atoms. The third-order valence-electron chi connectivity index (χ3n) is 3.00. The van der Waals surface area contributed by atoms with Gasteiger partial charge in [-0.25, -0.2) is 0 Å². The zero-order chi connectivity index (χ0) is 12.3. The molecule has 1 saturated heterocycles. The molecule has 4 heteroatoms. The van der Waals surface area contributed by atoms with Crippen molar-refractivity contribution in [1.29, 1.82) is 0 Å². The van der Waals surface area contributed by atoms with Crippen LogP contribution in [-0.4, -0.2) is 17.3 Å². The first kappa shape index (κ1) is 13.4. The SMILES string of the molecule is O=C(CC1CCSCC1)c1cc(Cl)cc(Br)c1. The second-order valence-corrected chi connectivity index (χ2v) is 6.92. The van der Waals surface area contributed by atoms with E-state index in [0.29, 0.717) is 17.4 Å². The van der Waals surface area contributed by atoms with Gasteiger partial charge in [-0.15, -0.1) is 0 Å². The highest BCUT2D eigenvalue weighted by Crippen LogP contribution is 2.28. The minimum atomic E-state index is 0.213. The molecule has 1 fully saturated rings.